The number of hydrogen-bond donors (Lipinski definition) is 3. The summed E-state index contributed by atoms with van der Waals surface area (Å²) in [4.78, 5) is 15.7. The molecular weight excluding hydrogens is 299 g/mol. The van der Waals surface area contributed by atoms with Crippen LogP contribution in [-0.2, 0) is 10.0 Å². The predicted molar refractivity (Wildman–Crippen MR) is 78.1 cm³/mol. The third-order valence-corrected chi connectivity index (χ3v) is 3.45. The number of rotatable bonds is 6. The molecule has 1 aromatic rings. The van der Waals surface area contributed by atoms with Crippen LogP contribution in [0.15, 0.2) is 12.3 Å². The van der Waals surface area contributed by atoms with Crippen LogP contribution < -0.4 is 15.4 Å². The van der Waals surface area contributed by atoms with Crippen molar-refractivity contribution in [2.45, 2.75) is 19.4 Å². The van der Waals surface area contributed by atoms with Crippen LogP contribution in [0.1, 0.15) is 24.2 Å². The van der Waals surface area contributed by atoms with Crippen LogP contribution in [0.4, 0.5) is 10.2 Å². The molecule has 9 heteroatoms. The summed E-state index contributed by atoms with van der Waals surface area (Å²) < 4.78 is 38.7. The Bertz CT molecular complexity index is 631. The molecule has 3 N–H and O–H groups in total. The Balaban J connectivity index is 2.79. The molecule has 0 unspecified atom stereocenters. The summed E-state index contributed by atoms with van der Waals surface area (Å²) in [5.41, 5.74) is -1.05. The summed E-state index contributed by atoms with van der Waals surface area (Å²) in [6.45, 7) is 3.22. The first-order valence-electron chi connectivity index (χ1n) is 6.15. The fourth-order valence-electron chi connectivity index (χ4n) is 1.73. The van der Waals surface area contributed by atoms with Gasteiger partial charge in [0.05, 0.1) is 11.8 Å². The Morgan fingerprint density at radius 1 is 1.43 bits per heavy atom. The topological polar surface area (TPSA) is 100 Å². The van der Waals surface area contributed by atoms with E-state index in [9.17, 15) is 17.6 Å². The van der Waals surface area contributed by atoms with Crippen molar-refractivity contribution in [1.29, 1.82) is 0 Å². The molecule has 0 atom stereocenters. The lowest BCUT2D eigenvalue weighted by atomic mass is 10.1. The monoisotopic (exact) mass is 318 g/mol. The second-order valence-electron chi connectivity index (χ2n) is 5.21. The zero-order valence-corrected chi connectivity index (χ0v) is 13.1. The minimum Gasteiger partial charge on any atom is -0.371 e. The van der Waals surface area contributed by atoms with E-state index in [1.54, 1.807) is 13.8 Å². The summed E-state index contributed by atoms with van der Waals surface area (Å²) in [5, 5.41) is 5.03. The van der Waals surface area contributed by atoms with Crippen LogP contribution >= 0.6 is 0 Å². The summed E-state index contributed by atoms with van der Waals surface area (Å²) in [7, 11) is -1.92. The molecule has 0 saturated heterocycles. The third-order valence-electron chi connectivity index (χ3n) is 2.52. The number of hydrogen-bond acceptors (Lipinski definition) is 5. The van der Waals surface area contributed by atoms with Crippen molar-refractivity contribution >= 4 is 21.7 Å². The van der Waals surface area contributed by atoms with Crippen molar-refractivity contribution in [3.63, 3.8) is 0 Å². The largest absolute Gasteiger partial charge is 0.371 e. The average Bonchev–Trinajstić information content (AvgIpc) is 2.33. The minimum atomic E-state index is -3.41. The lowest BCUT2D eigenvalue weighted by molar-refractivity contribution is 0.0940. The van der Waals surface area contributed by atoms with Crippen molar-refractivity contribution in [2.75, 3.05) is 25.2 Å². The Morgan fingerprint density at radius 2 is 2.05 bits per heavy atom. The Hall–Kier alpha value is -1.74. The molecule has 1 rings (SSSR count). The molecule has 0 aliphatic carbocycles. The number of nitrogens with one attached hydrogen (secondary N) is 3. The Labute approximate surface area is 123 Å². The molecule has 1 heterocycles. The number of aromatic nitrogens is 1. The van der Waals surface area contributed by atoms with E-state index in [0.717, 1.165) is 6.26 Å². The molecule has 0 bridgehead atoms. The molecule has 0 radical (unpaired) electrons. The van der Waals surface area contributed by atoms with Crippen LogP contribution in [0.5, 0.6) is 0 Å². The number of pyridine rings is 1. The van der Waals surface area contributed by atoms with Crippen molar-refractivity contribution in [1.82, 2.24) is 15.0 Å². The molecule has 1 aromatic heterocycles. The fourth-order valence-corrected chi connectivity index (χ4v) is 2.80. The van der Waals surface area contributed by atoms with E-state index < -0.39 is 27.3 Å². The summed E-state index contributed by atoms with van der Waals surface area (Å²) in [6.07, 6.45) is 2.34. The van der Waals surface area contributed by atoms with Crippen LogP contribution in [-0.4, -0.2) is 44.7 Å². The highest BCUT2D eigenvalue weighted by Crippen LogP contribution is 2.14. The molecule has 0 saturated carbocycles. The van der Waals surface area contributed by atoms with Gasteiger partial charge in [-0.2, -0.15) is 0 Å². The molecule has 0 spiro atoms. The lowest BCUT2D eigenvalue weighted by Crippen LogP contribution is -2.51. The van der Waals surface area contributed by atoms with Crippen molar-refractivity contribution in [3.05, 3.63) is 23.6 Å². The van der Waals surface area contributed by atoms with E-state index in [0.29, 0.717) is 0 Å². The molecule has 7 nitrogen and oxygen atoms in total. The Kier molecular flexibility index (Phi) is 5.24. The maximum absolute atomic E-state index is 13.9. The number of carbonyl (C=O) groups is 1. The van der Waals surface area contributed by atoms with Gasteiger partial charge in [0.15, 0.2) is 11.6 Å². The van der Waals surface area contributed by atoms with Gasteiger partial charge in [-0.15, -0.1) is 0 Å². The molecule has 21 heavy (non-hydrogen) atoms. The SMILES string of the molecule is CNc1nccc(C(=O)NCC(C)(C)NS(C)(=O)=O)c1F. The van der Waals surface area contributed by atoms with E-state index in [1.165, 1.54) is 19.3 Å². The summed E-state index contributed by atoms with van der Waals surface area (Å²) in [5.74, 6) is -1.43. The van der Waals surface area contributed by atoms with E-state index in [-0.39, 0.29) is 17.9 Å². The van der Waals surface area contributed by atoms with Gasteiger partial charge in [-0.05, 0) is 19.9 Å². The molecule has 0 aliphatic rings. The average molecular weight is 318 g/mol. The van der Waals surface area contributed by atoms with Gasteiger partial charge in [0, 0.05) is 25.3 Å². The van der Waals surface area contributed by atoms with Gasteiger partial charge in [0.1, 0.15) is 0 Å². The number of anilines is 1. The maximum atomic E-state index is 13.9. The number of nitrogens with zero attached hydrogens (tertiary/aromatic N) is 1. The van der Waals surface area contributed by atoms with Crippen LogP contribution in [0.3, 0.4) is 0 Å². The molecule has 0 fully saturated rings. The highest BCUT2D eigenvalue weighted by atomic mass is 32.2. The van der Waals surface area contributed by atoms with Crippen LogP contribution in [0.25, 0.3) is 0 Å². The number of halogens is 1. The smallest absolute Gasteiger partial charge is 0.254 e. The van der Waals surface area contributed by atoms with Gasteiger partial charge in [-0.25, -0.2) is 22.5 Å². The molecule has 0 aliphatic heterocycles. The molecule has 118 valence electrons. The number of carbonyl (C=O) groups excluding carboxylic acids is 1. The first-order valence-corrected chi connectivity index (χ1v) is 8.04. The molecular formula is C12H19FN4O3S. The van der Waals surface area contributed by atoms with Crippen LogP contribution in [0.2, 0.25) is 0 Å². The third kappa shape index (κ3) is 5.27. The zero-order valence-electron chi connectivity index (χ0n) is 12.3. The van der Waals surface area contributed by atoms with Gasteiger partial charge in [-0.1, -0.05) is 0 Å². The second kappa shape index (κ2) is 6.35. The second-order valence-corrected chi connectivity index (χ2v) is 6.96. The predicted octanol–water partition coefficient (Wildman–Crippen LogP) is 0.320. The molecule has 0 aromatic carbocycles. The molecule has 1 amide bonds. The van der Waals surface area contributed by atoms with E-state index in [2.05, 4.69) is 20.3 Å². The van der Waals surface area contributed by atoms with Gasteiger partial charge >= 0.3 is 0 Å². The first-order chi connectivity index (χ1) is 9.56. The standard InChI is InChI=1S/C12H19FN4O3S/c1-12(2,17-21(4,19)20)7-16-11(18)8-5-6-15-10(14-3)9(8)13/h5-6,17H,7H2,1-4H3,(H,14,15)(H,16,18). The van der Waals surface area contributed by atoms with Gasteiger partial charge < -0.3 is 10.6 Å². The van der Waals surface area contributed by atoms with E-state index >= 15 is 0 Å². The van der Waals surface area contributed by atoms with Gasteiger partial charge in [-0.3, -0.25) is 4.79 Å². The van der Waals surface area contributed by atoms with E-state index in [1.807, 2.05) is 0 Å². The fraction of sp³-hybridized carbons (Fsp3) is 0.500. The van der Waals surface area contributed by atoms with Crippen molar-refractivity contribution in [2.24, 2.45) is 0 Å². The van der Waals surface area contributed by atoms with Gasteiger partial charge in [0.2, 0.25) is 10.0 Å². The highest BCUT2D eigenvalue weighted by Gasteiger charge is 2.24. The van der Waals surface area contributed by atoms with Crippen LogP contribution in [0, 0.1) is 5.82 Å². The normalized spacial score (nSPS) is 12.0. The lowest BCUT2D eigenvalue weighted by Gasteiger charge is -2.25. The quantitative estimate of drug-likeness (QED) is 0.701. The minimum absolute atomic E-state index is 0.00948. The van der Waals surface area contributed by atoms with Gasteiger partial charge in [0.25, 0.3) is 5.91 Å². The summed E-state index contributed by atoms with van der Waals surface area (Å²) >= 11 is 0. The first kappa shape index (κ1) is 17.3. The van der Waals surface area contributed by atoms with E-state index in [4.69, 9.17) is 0 Å². The Morgan fingerprint density at radius 3 is 2.57 bits per heavy atom. The van der Waals surface area contributed by atoms with Crippen molar-refractivity contribution in [3.8, 4) is 0 Å². The number of sulfonamides is 1. The number of amides is 1. The maximum Gasteiger partial charge on any atom is 0.254 e. The van der Waals surface area contributed by atoms with Crippen molar-refractivity contribution < 1.29 is 17.6 Å². The summed E-state index contributed by atoms with van der Waals surface area (Å²) in [6, 6.07) is 1.25. The highest BCUT2D eigenvalue weighted by molar-refractivity contribution is 7.88. The zero-order chi connectivity index (χ0) is 16.3.